The van der Waals surface area contributed by atoms with Crippen LogP contribution in [0.5, 0.6) is 0 Å². The van der Waals surface area contributed by atoms with E-state index in [0.717, 1.165) is 17.7 Å². The number of hydrogen-bond acceptors (Lipinski definition) is 4. The second-order valence-electron chi connectivity index (χ2n) is 5.72. The molecule has 0 bridgehead atoms. The van der Waals surface area contributed by atoms with Gasteiger partial charge in [-0.25, -0.2) is 4.39 Å². The van der Waals surface area contributed by atoms with Gasteiger partial charge in [0.2, 0.25) is 0 Å². The second kappa shape index (κ2) is 7.45. The summed E-state index contributed by atoms with van der Waals surface area (Å²) in [6, 6.07) is 9.20. The molecule has 128 valence electrons. The minimum Gasteiger partial charge on any atom is -0.352 e. The van der Waals surface area contributed by atoms with Gasteiger partial charge in [0.05, 0.1) is 28.1 Å². The Bertz CT molecular complexity index is 839. The third-order valence-electron chi connectivity index (χ3n) is 4.05. The molecule has 7 heteroatoms. The number of amides is 2. The highest BCUT2D eigenvalue weighted by Gasteiger charge is 2.23. The number of rotatable bonds is 4. The molecule has 25 heavy (non-hydrogen) atoms. The van der Waals surface area contributed by atoms with Gasteiger partial charge in [-0.2, -0.15) is 5.26 Å². The zero-order chi connectivity index (χ0) is 17.8. The summed E-state index contributed by atoms with van der Waals surface area (Å²) < 4.78 is 13.4. The van der Waals surface area contributed by atoms with E-state index >= 15 is 0 Å². The van der Waals surface area contributed by atoms with Crippen molar-refractivity contribution in [3.05, 3.63) is 56.8 Å². The number of halogens is 1. The van der Waals surface area contributed by atoms with Crippen molar-refractivity contribution >= 4 is 23.2 Å². The number of nitrogens with one attached hydrogen (secondary N) is 2. The summed E-state index contributed by atoms with van der Waals surface area (Å²) in [7, 11) is 0. The second-order valence-corrected chi connectivity index (χ2v) is 6.86. The third kappa shape index (κ3) is 3.69. The van der Waals surface area contributed by atoms with Crippen LogP contribution in [0.25, 0.3) is 0 Å². The van der Waals surface area contributed by atoms with Crippen molar-refractivity contribution in [1.82, 2.24) is 10.6 Å². The SMILES string of the molecule is N#Cc1ccc(C(CF)NC(=O)c2cc3c(s2)CCCNC3=O)cc1. The van der Waals surface area contributed by atoms with Crippen LogP contribution in [-0.4, -0.2) is 25.0 Å². The maximum absolute atomic E-state index is 13.4. The van der Waals surface area contributed by atoms with E-state index in [1.54, 1.807) is 30.3 Å². The Labute approximate surface area is 148 Å². The molecule has 1 aromatic heterocycles. The van der Waals surface area contributed by atoms with E-state index < -0.39 is 18.6 Å². The van der Waals surface area contributed by atoms with Crippen molar-refractivity contribution in [3.63, 3.8) is 0 Å². The highest BCUT2D eigenvalue weighted by atomic mass is 32.1. The molecule has 2 N–H and O–H groups in total. The van der Waals surface area contributed by atoms with Gasteiger partial charge in [-0.15, -0.1) is 11.3 Å². The normalized spacial score (nSPS) is 14.6. The summed E-state index contributed by atoms with van der Waals surface area (Å²) >= 11 is 1.28. The zero-order valence-electron chi connectivity index (χ0n) is 13.3. The number of alkyl halides is 1. The van der Waals surface area contributed by atoms with E-state index in [4.69, 9.17) is 5.26 Å². The average Bonchev–Trinajstić information content (AvgIpc) is 3.00. The largest absolute Gasteiger partial charge is 0.352 e. The first-order valence-corrected chi connectivity index (χ1v) is 8.72. The highest BCUT2D eigenvalue weighted by molar-refractivity contribution is 7.14. The lowest BCUT2D eigenvalue weighted by Gasteiger charge is -2.15. The Morgan fingerprint density at radius 3 is 2.84 bits per heavy atom. The number of nitrogens with zero attached hydrogens (tertiary/aromatic N) is 1. The van der Waals surface area contributed by atoms with Crippen LogP contribution in [0.1, 0.15) is 48.5 Å². The summed E-state index contributed by atoms with van der Waals surface area (Å²) in [4.78, 5) is 25.7. The number of hydrogen-bond donors (Lipinski definition) is 2. The lowest BCUT2D eigenvalue weighted by atomic mass is 10.1. The number of aryl methyl sites for hydroxylation is 1. The smallest absolute Gasteiger partial charge is 0.261 e. The fourth-order valence-corrected chi connectivity index (χ4v) is 3.80. The Hall–Kier alpha value is -2.72. The molecule has 1 aliphatic heterocycles. The van der Waals surface area contributed by atoms with Gasteiger partial charge in [-0.05, 0) is 36.6 Å². The monoisotopic (exact) mass is 357 g/mol. The topological polar surface area (TPSA) is 82.0 Å². The molecule has 1 aromatic carbocycles. The Kier molecular flexibility index (Phi) is 5.10. The van der Waals surface area contributed by atoms with Crippen LogP contribution in [0.15, 0.2) is 30.3 Å². The quantitative estimate of drug-likeness (QED) is 0.883. The lowest BCUT2D eigenvalue weighted by Crippen LogP contribution is -2.29. The summed E-state index contributed by atoms with van der Waals surface area (Å²) in [6.07, 6.45) is 1.58. The van der Waals surface area contributed by atoms with E-state index in [1.165, 1.54) is 11.3 Å². The third-order valence-corrected chi connectivity index (χ3v) is 5.24. The van der Waals surface area contributed by atoms with E-state index in [9.17, 15) is 14.0 Å². The fourth-order valence-electron chi connectivity index (χ4n) is 2.69. The molecule has 3 rings (SSSR count). The molecule has 0 radical (unpaired) electrons. The maximum atomic E-state index is 13.4. The maximum Gasteiger partial charge on any atom is 0.261 e. The zero-order valence-corrected chi connectivity index (χ0v) is 14.2. The molecule has 0 saturated heterocycles. The van der Waals surface area contributed by atoms with E-state index in [2.05, 4.69) is 10.6 Å². The van der Waals surface area contributed by atoms with Crippen molar-refractivity contribution in [2.75, 3.05) is 13.2 Å². The van der Waals surface area contributed by atoms with Gasteiger partial charge in [-0.1, -0.05) is 12.1 Å². The first kappa shape index (κ1) is 17.1. The van der Waals surface area contributed by atoms with Crippen molar-refractivity contribution in [1.29, 1.82) is 5.26 Å². The molecule has 5 nitrogen and oxygen atoms in total. The van der Waals surface area contributed by atoms with Crippen LogP contribution in [0.3, 0.4) is 0 Å². The molecule has 0 fully saturated rings. The van der Waals surface area contributed by atoms with Crippen LogP contribution < -0.4 is 10.6 Å². The summed E-state index contributed by atoms with van der Waals surface area (Å²) in [5.41, 5.74) is 1.59. The molecule has 1 aliphatic rings. The van der Waals surface area contributed by atoms with Gasteiger partial charge < -0.3 is 10.6 Å². The summed E-state index contributed by atoms with van der Waals surface area (Å²) in [5, 5.41) is 14.3. The van der Waals surface area contributed by atoms with Crippen LogP contribution in [0.2, 0.25) is 0 Å². The summed E-state index contributed by atoms with van der Waals surface area (Å²) in [6.45, 7) is -0.131. The number of fused-ring (bicyclic) bond motifs is 1. The van der Waals surface area contributed by atoms with Crippen molar-refractivity contribution in [2.45, 2.75) is 18.9 Å². The minimum atomic E-state index is -0.795. The van der Waals surface area contributed by atoms with Gasteiger partial charge in [0.1, 0.15) is 6.67 Å². The molecular formula is C18H16FN3O2S. The molecule has 2 aromatic rings. The van der Waals surface area contributed by atoms with Crippen molar-refractivity contribution in [3.8, 4) is 6.07 Å². The first-order chi connectivity index (χ1) is 12.1. The van der Waals surface area contributed by atoms with Crippen molar-refractivity contribution < 1.29 is 14.0 Å². The van der Waals surface area contributed by atoms with Crippen LogP contribution in [-0.2, 0) is 6.42 Å². The van der Waals surface area contributed by atoms with Crippen LogP contribution in [0.4, 0.5) is 4.39 Å². The fraction of sp³-hybridized carbons (Fsp3) is 0.278. The van der Waals surface area contributed by atoms with E-state index in [1.807, 2.05) is 6.07 Å². The Balaban J connectivity index is 1.77. The molecule has 1 atom stereocenters. The molecular weight excluding hydrogens is 341 g/mol. The van der Waals surface area contributed by atoms with Gasteiger partial charge in [0, 0.05) is 11.4 Å². The Morgan fingerprint density at radius 2 is 2.16 bits per heavy atom. The van der Waals surface area contributed by atoms with Gasteiger partial charge >= 0.3 is 0 Å². The van der Waals surface area contributed by atoms with Gasteiger partial charge in [0.25, 0.3) is 11.8 Å². The highest BCUT2D eigenvalue weighted by Crippen LogP contribution is 2.26. The molecule has 0 aliphatic carbocycles. The predicted octanol–water partition coefficient (Wildman–Crippen LogP) is 2.74. The standard InChI is InChI=1S/C18H16FN3O2S/c19-9-14(12-5-3-11(10-20)4-6-12)22-18(24)16-8-13-15(25-16)2-1-7-21-17(13)23/h3-6,8,14H,1-2,7,9H2,(H,21,23)(H,22,24). The number of carbonyl (C=O) groups excluding carboxylic acids is 2. The number of thiophene rings is 1. The minimum absolute atomic E-state index is 0.170. The van der Waals surface area contributed by atoms with E-state index in [0.29, 0.717) is 28.1 Å². The van der Waals surface area contributed by atoms with Crippen LogP contribution >= 0.6 is 11.3 Å². The van der Waals surface area contributed by atoms with Gasteiger partial charge in [-0.3, -0.25) is 9.59 Å². The molecule has 1 unspecified atom stereocenters. The molecule has 0 saturated carbocycles. The first-order valence-electron chi connectivity index (χ1n) is 7.90. The molecule has 2 amide bonds. The molecule has 2 heterocycles. The number of benzene rings is 1. The average molecular weight is 357 g/mol. The lowest BCUT2D eigenvalue weighted by molar-refractivity contribution is 0.0933. The van der Waals surface area contributed by atoms with Gasteiger partial charge in [0.15, 0.2) is 0 Å². The van der Waals surface area contributed by atoms with Crippen LogP contribution in [0, 0.1) is 11.3 Å². The van der Waals surface area contributed by atoms with E-state index in [-0.39, 0.29) is 5.91 Å². The number of carbonyl (C=O) groups is 2. The number of nitriles is 1. The Morgan fingerprint density at radius 1 is 1.40 bits per heavy atom. The van der Waals surface area contributed by atoms with Crippen molar-refractivity contribution in [2.24, 2.45) is 0 Å². The molecule has 0 spiro atoms. The summed E-state index contributed by atoms with van der Waals surface area (Å²) in [5.74, 6) is -0.574. The predicted molar refractivity (Wildman–Crippen MR) is 92.3 cm³/mol.